The minimum atomic E-state index is -0.801. The Bertz CT molecular complexity index is 522. The smallest absolute Gasteiger partial charge is 0.321 e. The van der Waals surface area contributed by atoms with Gasteiger partial charge in [-0.1, -0.05) is 12.1 Å². The summed E-state index contributed by atoms with van der Waals surface area (Å²) in [5.74, 6) is -0.801. The number of rotatable bonds is 2. The van der Waals surface area contributed by atoms with Crippen LogP contribution in [-0.2, 0) is 4.79 Å². The van der Waals surface area contributed by atoms with Crippen LogP contribution in [0.4, 0.5) is 16.2 Å². The number of benzene rings is 1. The third-order valence-corrected chi connectivity index (χ3v) is 3.87. The quantitative estimate of drug-likeness (QED) is 0.720. The lowest BCUT2D eigenvalue weighted by atomic mass is 9.80. The summed E-state index contributed by atoms with van der Waals surface area (Å²) in [5, 5.41) is 11.9. The second-order valence-corrected chi connectivity index (χ2v) is 5.37. The number of nitrogen functional groups attached to an aromatic ring is 1. The number of carboxylic acid groups (broad SMARTS) is 1. The van der Waals surface area contributed by atoms with Gasteiger partial charge in [-0.15, -0.1) is 0 Å². The predicted octanol–water partition coefficient (Wildman–Crippen LogP) is 1.99. The molecule has 0 unspecified atom stereocenters. The van der Waals surface area contributed by atoms with Crippen LogP contribution in [-0.4, -0.2) is 35.1 Å². The highest BCUT2D eigenvalue weighted by atomic mass is 16.4. The zero-order valence-corrected chi connectivity index (χ0v) is 11.4. The summed E-state index contributed by atoms with van der Waals surface area (Å²) in [6.07, 6.45) is 0.917. The first-order chi connectivity index (χ1) is 9.42. The van der Waals surface area contributed by atoms with Crippen molar-refractivity contribution in [3.63, 3.8) is 0 Å². The van der Waals surface area contributed by atoms with E-state index >= 15 is 0 Å². The van der Waals surface area contributed by atoms with E-state index in [9.17, 15) is 9.59 Å². The molecule has 0 spiro atoms. The SMILES string of the molecule is CC1(C(=O)O)CCN(C(=O)Nc2ccccc2N)CC1. The topological polar surface area (TPSA) is 95.7 Å². The van der Waals surface area contributed by atoms with E-state index in [1.807, 2.05) is 0 Å². The standard InChI is InChI=1S/C14H19N3O3/c1-14(12(18)19)6-8-17(9-7-14)13(20)16-11-5-3-2-4-10(11)15/h2-5H,6-9,15H2,1H3,(H,16,20)(H,18,19). The van der Waals surface area contributed by atoms with Gasteiger partial charge >= 0.3 is 12.0 Å². The number of hydrogen-bond acceptors (Lipinski definition) is 3. The van der Waals surface area contributed by atoms with Gasteiger partial charge in [0, 0.05) is 13.1 Å². The minimum Gasteiger partial charge on any atom is -0.481 e. The van der Waals surface area contributed by atoms with Crippen LogP contribution in [0.15, 0.2) is 24.3 Å². The highest BCUT2D eigenvalue weighted by Gasteiger charge is 2.38. The Morgan fingerprint density at radius 1 is 1.30 bits per heavy atom. The number of amides is 2. The molecular formula is C14H19N3O3. The van der Waals surface area contributed by atoms with Crippen LogP contribution in [0.5, 0.6) is 0 Å². The van der Waals surface area contributed by atoms with Gasteiger partial charge in [0.05, 0.1) is 16.8 Å². The molecule has 1 fully saturated rings. The van der Waals surface area contributed by atoms with Gasteiger partial charge in [0.1, 0.15) is 0 Å². The molecular weight excluding hydrogens is 258 g/mol. The Balaban J connectivity index is 1.96. The molecule has 0 atom stereocenters. The Morgan fingerprint density at radius 3 is 2.45 bits per heavy atom. The lowest BCUT2D eigenvalue weighted by Gasteiger charge is -2.36. The first-order valence-corrected chi connectivity index (χ1v) is 6.56. The highest BCUT2D eigenvalue weighted by Crippen LogP contribution is 2.31. The first kappa shape index (κ1) is 14.2. The number of hydrogen-bond donors (Lipinski definition) is 3. The fraction of sp³-hybridized carbons (Fsp3) is 0.429. The number of urea groups is 1. The van der Waals surface area contributed by atoms with Gasteiger partial charge in [-0.3, -0.25) is 4.79 Å². The van der Waals surface area contributed by atoms with Crippen molar-refractivity contribution in [2.24, 2.45) is 5.41 Å². The zero-order valence-electron chi connectivity index (χ0n) is 11.4. The number of nitrogens with one attached hydrogen (secondary N) is 1. The molecule has 6 heteroatoms. The second kappa shape index (κ2) is 5.40. The largest absolute Gasteiger partial charge is 0.481 e. The monoisotopic (exact) mass is 277 g/mol. The van der Waals surface area contributed by atoms with Gasteiger partial charge in [0.25, 0.3) is 0 Å². The number of para-hydroxylation sites is 2. The van der Waals surface area contributed by atoms with E-state index in [0.29, 0.717) is 37.3 Å². The van der Waals surface area contributed by atoms with Gasteiger partial charge in [-0.25, -0.2) is 4.79 Å². The molecule has 0 saturated carbocycles. The van der Waals surface area contributed by atoms with E-state index in [4.69, 9.17) is 10.8 Å². The van der Waals surface area contributed by atoms with Gasteiger partial charge < -0.3 is 21.1 Å². The molecule has 1 aromatic rings. The van der Waals surface area contributed by atoms with E-state index in [2.05, 4.69) is 5.32 Å². The maximum atomic E-state index is 12.1. The van der Waals surface area contributed by atoms with E-state index in [1.165, 1.54) is 0 Å². The van der Waals surface area contributed by atoms with Gasteiger partial charge in [0.2, 0.25) is 0 Å². The van der Waals surface area contributed by atoms with Gasteiger partial charge in [0.15, 0.2) is 0 Å². The maximum Gasteiger partial charge on any atom is 0.321 e. The maximum absolute atomic E-state index is 12.1. The molecule has 2 amide bonds. The average molecular weight is 277 g/mol. The number of nitrogens with zero attached hydrogens (tertiary/aromatic N) is 1. The summed E-state index contributed by atoms with van der Waals surface area (Å²) in [6, 6.07) is 6.80. The first-order valence-electron chi connectivity index (χ1n) is 6.56. The molecule has 0 aromatic heterocycles. The molecule has 108 valence electrons. The van der Waals surface area contributed by atoms with Crippen molar-refractivity contribution >= 4 is 23.4 Å². The van der Waals surface area contributed by atoms with Gasteiger partial charge in [-0.2, -0.15) is 0 Å². The van der Waals surface area contributed by atoms with Crippen LogP contribution in [0.3, 0.4) is 0 Å². The minimum absolute atomic E-state index is 0.240. The fourth-order valence-corrected chi connectivity index (χ4v) is 2.22. The summed E-state index contributed by atoms with van der Waals surface area (Å²) < 4.78 is 0. The van der Waals surface area contributed by atoms with Crippen molar-refractivity contribution in [1.29, 1.82) is 0 Å². The van der Waals surface area contributed by atoms with E-state index in [0.717, 1.165) is 0 Å². The molecule has 0 radical (unpaired) electrons. The molecule has 1 heterocycles. The third kappa shape index (κ3) is 2.84. The summed E-state index contributed by atoms with van der Waals surface area (Å²) in [5.41, 5.74) is 6.12. The molecule has 4 N–H and O–H groups in total. The number of likely N-dealkylation sites (tertiary alicyclic amines) is 1. The number of carbonyl (C=O) groups is 2. The lowest BCUT2D eigenvalue weighted by Crippen LogP contribution is -2.46. The molecule has 0 aliphatic carbocycles. The molecule has 1 aliphatic rings. The van der Waals surface area contributed by atoms with Crippen LogP contribution in [0.1, 0.15) is 19.8 Å². The van der Waals surface area contributed by atoms with Crippen molar-refractivity contribution in [1.82, 2.24) is 4.90 Å². The number of carboxylic acids is 1. The van der Waals surface area contributed by atoms with E-state index in [-0.39, 0.29) is 6.03 Å². The summed E-state index contributed by atoms with van der Waals surface area (Å²) in [6.45, 7) is 2.59. The van der Waals surface area contributed by atoms with Gasteiger partial charge in [-0.05, 0) is 31.9 Å². The van der Waals surface area contributed by atoms with Crippen molar-refractivity contribution in [3.8, 4) is 0 Å². The second-order valence-electron chi connectivity index (χ2n) is 5.37. The number of piperidine rings is 1. The normalized spacial score (nSPS) is 17.6. The lowest BCUT2D eigenvalue weighted by molar-refractivity contribution is -0.150. The summed E-state index contributed by atoms with van der Waals surface area (Å²) >= 11 is 0. The van der Waals surface area contributed by atoms with Crippen molar-refractivity contribution < 1.29 is 14.7 Å². The summed E-state index contributed by atoms with van der Waals surface area (Å²) in [4.78, 5) is 24.9. The van der Waals surface area contributed by atoms with Crippen LogP contribution in [0, 0.1) is 5.41 Å². The highest BCUT2D eigenvalue weighted by molar-refractivity contribution is 5.92. The van der Waals surface area contributed by atoms with Crippen LogP contribution in [0.25, 0.3) is 0 Å². The number of carbonyl (C=O) groups excluding carboxylic acids is 1. The third-order valence-electron chi connectivity index (χ3n) is 3.87. The van der Waals surface area contributed by atoms with Crippen LogP contribution in [0.2, 0.25) is 0 Å². The molecule has 1 saturated heterocycles. The van der Waals surface area contributed by atoms with E-state index < -0.39 is 11.4 Å². The Hall–Kier alpha value is -2.24. The van der Waals surface area contributed by atoms with E-state index in [1.54, 1.807) is 36.1 Å². The molecule has 1 aromatic carbocycles. The molecule has 0 bridgehead atoms. The predicted molar refractivity (Wildman–Crippen MR) is 76.4 cm³/mol. The number of anilines is 2. The van der Waals surface area contributed by atoms with Crippen LogP contribution < -0.4 is 11.1 Å². The number of nitrogens with two attached hydrogens (primary N) is 1. The van der Waals surface area contributed by atoms with Crippen molar-refractivity contribution in [2.75, 3.05) is 24.1 Å². The zero-order chi connectivity index (χ0) is 14.8. The molecule has 6 nitrogen and oxygen atoms in total. The molecule has 1 aliphatic heterocycles. The number of aliphatic carboxylic acids is 1. The molecule has 20 heavy (non-hydrogen) atoms. The Labute approximate surface area is 117 Å². The summed E-state index contributed by atoms with van der Waals surface area (Å²) in [7, 11) is 0. The van der Waals surface area contributed by atoms with Crippen molar-refractivity contribution in [2.45, 2.75) is 19.8 Å². The Kier molecular flexibility index (Phi) is 3.83. The van der Waals surface area contributed by atoms with Crippen LogP contribution >= 0.6 is 0 Å². The fourth-order valence-electron chi connectivity index (χ4n) is 2.22. The molecule has 2 rings (SSSR count). The van der Waals surface area contributed by atoms with Crippen molar-refractivity contribution in [3.05, 3.63) is 24.3 Å². The Morgan fingerprint density at radius 2 is 1.90 bits per heavy atom. The average Bonchev–Trinajstić information content (AvgIpc) is 2.42.